The Balaban J connectivity index is 1.65. The molecule has 0 fully saturated rings. The van der Waals surface area contributed by atoms with Crippen LogP contribution in [0.1, 0.15) is 30.0 Å². The van der Waals surface area contributed by atoms with E-state index in [-0.39, 0.29) is 0 Å². The first-order valence-corrected chi connectivity index (χ1v) is 9.68. The lowest BCUT2D eigenvalue weighted by molar-refractivity contribution is 0.315. The second kappa shape index (κ2) is 9.19. The van der Waals surface area contributed by atoms with E-state index in [4.69, 9.17) is 4.74 Å². The molecule has 0 aliphatic rings. The summed E-state index contributed by atoms with van der Waals surface area (Å²) in [7, 11) is 0. The summed E-state index contributed by atoms with van der Waals surface area (Å²) in [6, 6.07) is 20.7. The molecular formula is C22H22N2OS. The highest BCUT2D eigenvalue weighted by atomic mass is 32.1. The third-order valence-electron chi connectivity index (χ3n) is 4.10. The smallest absolute Gasteiger partial charge is 0.192 e. The Kier molecular flexibility index (Phi) is 6.43. The van der Waals surface area contributed by atoms with Gasteiger partial charge in [0.15, 0.2) is 5.06 Å². The topological polar surface area (TPSA) is 45.0 Å². The molecule has 4 heteroatoms. The summed E-state index contributed by atoms with van der Waals surface area (Å²) in [5.41, 5.74) is 4.95. The lowest BCUT2D eigenvalue weighted by atomic mass is 10.1. The van der Waals surface area contributed by atoms with E-state index in [0.29, 0.717) is 17.2 Å². The lowest BCUT2D eigenvalue weighted by Gasteiger charge is -2.07. The first-order chi connectivity index (χ1) is 12.8. The molecule has 0 atom stereocenters. The van der Waals surface area contributed by atoms with Gasteiger partial charge in [0.05, 0.1) is 0 Å². The van der Waals surface area contributed by atoms with Crippen LogP contribution < -0.4 is 10.1 Å². The maximum atomic E-state index is 9.56. The summed E-state index contributed by atoms with van der Waals surface area (Å²) < 4.78 is 5.94. The number of rotatable bonds is 8. The summed E-state index contributed by atoms with van der Waals surface area (Å²) in [5, 5.41) is 15.6. The van der Waals surface area contributed by atoms with Crippen molar-refractivity contribution >= 4 is 11.3 Å². The molecule has 0 spiro atoms. The second-order valence-corrected chi connectivity index (χ2v) is 6.91. The fourth-order valence-electron chi connectivity index (χ4n) is 2.69. The molecule has 0 aliphatic heterocycles. The van der Waals surface area contributed by atoms with Crippen LogP contribution in [0.25, 0.3) is 11.1 Å². The molecule has 1 aromatic heterocycles. The fraction of sp³-hybridized carbons (Fsp3) is 0.227. The highest BCUT2D eigenvalue weighted by Crippen LogP contribution is 2.37. The molecule has 3 rings (SSSR count). The van der Waals surface area contributed by atoms with Gasteiger partial charge in [-0.2, -0.15) is 5.26 Å². The van der Waals surface area contributed by atoms with Crippen LogP contribution in [0, 0.1) is 11.3 Å². The van der Waals surface area contributed by atoms with E-state index in [9.17, 15) is 5.26 Å². The molecule has 26 heavy (non-hydrogen) atoms. The molecule has 0 saturated heterocycles. The van der Waals surface area contributed by atoms with Gasteiger partial charge in [0, 0.05) is 17.5 Å². The van der Waals surface area contributed by atoms with Crippen LogP contribution in [0.2, 0.25) is 0 Å². The summed E-state index contributed by atoms with van der Waals surface area (Å²) >= 11 is 1.48. The fourth-order valence-corrected chi connectivity index (χ4v) is 3.57. The van der Waals surface area contributed by atoms with Gasteiger partial charge in [-0.1, -0.05) is 61.5 Å². The molecule has 0 saturated carbocycles. The maximum absolute atomic E-state index is 9.56. The van der Waals surface area contributed by atoms with Gasteiger partial charge in [-0.3, -0.25) is 0 Å². The first kappa shape index (κ1) is 18.2. The Morgan fingerprint density at radius 1 is 1.04 bits per heavy atom. The minimum atomic E-state index is 0.464. The van der Waals surface area contributed by atoms with E-state index in [1.807, 2.05) is 35.7 Å². The Morgan fingerprint density at radius 3 is 2.46 bits per heavy atom. The van der Waals surface area contributed by atoms with E-state index in [2.05, 4.69) is 42.6 Å². The molecule has 0 radical (unpaired) electrons. The summed E-state index contributed by atoms with van der Waals surface area (Å²) in [5.74, 6) is 0. The third kappa shape index (κ3) is 4.51. The molecule has 1 N–H and O–H groups in total. The quantitative estimate of drug-likeness (QED) is 0.548. The highest BCUT2D eigenvalue weighted by molar-refractivity contribution is 7.12. The minimum absolute atomic E-state index is 0.464. The summed E-state index contributed by atoms with van der Waals surface area (Å²) in [6.07, 6.45) is 1.14. The van der Waals surface area contributed by atoms with Crippen LogP contribution in [-0.4, -0.2) is 6.54 Å². The van der Waals surface area contributed by atoms with Gasteiger partial charge in [-0.05, 0) is 29.7 Å². The molecule has 0 unspecified atom stereocenters. The predicted octanol–water partition coefficient (Wildman–Crippen LogP) is 5.37. The van der Waals surface area contributed by atoms with Crippen molar-refractivity contribution in [3.63, 3.8) is 0 Å². The summed E-state index contributed by atoms with van der Waals surface area (Å²) in [6.45, 7) is 4.55. The summed E-state index contributed by atoms with van der Waals surface area (Å²) in [4.78, 5) is 0. The minimum Gasteiger partial charge on any atom is -0.478 e. The van der Waals surface area contributed by atoms with Crippen LogP contribution in [0.15, 0.2) is 60.0 Å². The van der Waals surface area contributed by atoms with E-state index in [1.165, 1.54) is 16.9 Å². The molecule has 0 bridgehead atoms. The van der Waals surface area contributed by atoms with E-state index < -0.39 is 0 Å². The Bertz CT molecular complexity index is 863. The van der Waals surface area contributed by atoms with Gasteiger partial charge < -0.3 is 10.1 Å². The average molecular weight is 362 g/mol. The van der Waals surface area contributed by atoms with Crippen LogP contribution in [0.4, 0.5) is 0 Å². The van der Waals surface area contributed by atoms with Crippen molar-refractivity contribution in [3.05, 3.63) is 76.7 Å². The Labute approximate surface area is 158 Å². The zero-order valence-corrected chi connectivity index (χ0v) is 15.7. The van der Waals surface area contributed by atoms with E-state index >= 15 is 0 Å². The Hall–Kier alpha value is -2.61. The molecule has 3 aromatic rings. The van der Waals surface area contributed by atoms with E-state index in [0.717, 1.165) is 36.2 Å². The van der Waals surface area contributed by atoms with Crippen molar-refractivity contribution in [3.8, 4) is 22.3 Å². The van der Waals surface area contributed by atoms with Crippen LogP contribution in [0.3, 0.4) is 0 Å². The molecule has 0 amide bonds. The molecule has 3 nitrogen and oxygen atoms in total. The number of benzene rings is 2. The van der Waals surface area contributed by atoms with Gasteiger partial charge in [-0.15, -0.1) is 11.3 Å². The first-order valence-electron chi connectivity index (χ1n) is 8.80. The monoisotopic (exact) mass is 362 g/mol. The number of ether oxygens (including phenoxy) is 1. The van der Waals surface area contributed by atoms with Gasteiger partial charge in [0.2, 0.25) is 0 Å². The van der Waals surface area contributed by atoms with Crippen molar-refractivity contribution < 1.29 is 4.74 Å². The predicted molar refractivity (Wildman–Crippen MR) is 107 cm³/mol. The second-order valence-electron chi connectivity index (χ2n) is 6.07. The largest absolute Gasteiger partial charge is 0.478 e. The molecule has 1 heterocycles. The van der Waals surface area contributed by atoms with Gasteiger partial charge in [-0.25, -0.2) is 0 Å². The molecule has 132 valence electrons. The third-order valence-corrected chi connectivity index (χ3v) is 4.99. The van der Waals surface area contributed by atoms with Crippen LogP contribution in [0.5, 0.6) is 5.06 Å². The van der Waals surface area contributed by atoms with Gasteiger partial charge >= 0.3 is 0 Å². The molecule has 0 aliphatic carbocycles. The molecular weight excluding hydrogens is 340 g/mol. The van der Waals surface area contributed by atoms with Crippen molar-refractivity contribution in [2.24, 2.45) is 0 Å². The van der Waals surface area contributed by atoms with Crippen LogP contribution >= 0.6 is 11.3 Å². The number of thiophene rings is 1. The van der Waals surface area contributed by atoms with Crippen molar-refractivity contribution in [2.45, 2.75) is 26.5 Å². The molecule has 2 aromatic carbocycles. The van der Waals surface area contributed by atoms with Gasteiger partial charge in [0.25, 0.3) is 0 Å². The lowest BCUT2D eigenvalue weighted by Crippen LogP contribution is -2.13. The average Bonchev–Trinajstić information content (AvgIpc) is 3.11. The normalized spacial score (nSPS) is 10.5. The van der Waals surface area contributed by atoms with E-state index in [1.54, 1.807) is 0 Å². The number of nitriles is 1. The van der Waals surface area contributed by atoms with Crippen molar-refractivity contribution in [1.29, 1.82) is 5.26 Å². The van der Waals surface area contributed by atoms with Crippen LogP contribution in [-0.2, 0) is 13.2 Å². The Morgan fingerprint density at radius 2 is 1.77 bits per heavy atom. The maximum Gasteiger partial charge on any atom is 0.192 e. The van der Waals surface area contributed by atoms with Gasteiger partial charge in [0.1, 0.15) is 18.2 Å². The SMILES string of the molecule is CCCNCc1ccc(COc2scc(-c3ccccc3)c2C#N)cc1. The van der Waals surface area contributed by atoms with Crippen molar-refractivity contribution in [1.82, 2.24) is 5.32 Å². The number of hydrogen-bond acceptors (Lipinski definition) is 4. The standard InChI is InChI=1S/C22H22N2OS/c1-2-12-24-14-17-8-10-18(11-9-17)15-25-22-20(13-23)21(16-26-22)19-6-4-3-5-7-19/h3-11,16,24H,2,12,14-15H2,1H3. The number of nitrogens with one attached hydrogen (secondary N) is 1. The zero-order valence-electron chi connectivity index (χ0n) is 14.9. The zero-order chi connectivity index (χ0) is 18.2. The van der Waals surface area contributed by atoms with Crippen molar-refractivity contribution in [2.75, 3.05) is 6.54 Å². The highest BCUT2D eigenvalue weighted by Gasteiger charge is 2.14. The number of hydrogen-bond donors (Lipinski definition) is 1. The number of nitrogens with zero attached hydrogens (tertiary/aromatic N) is 1.